The van der Waals surface area contributed by atoms with Crippen molar-refractivity contribution in [2.24, 2.45) is 5.41 Å². The number of likely N-dealkylation sites (tertiary alicyclic amines) is 1. The average Bonchev–Trinajstić information content (AvgIpc) is 3.99. The predicted octanol–water partition coefficient (Wildman–Crippen LogP) is 6.87. The number of alkyl halides is 3. The molecule has 16 heteroatoms. The summed E-state index contributed by atoms with van der Waals surface area (Å²) in [5, 5.41) is 12.3. The number of aromatic nitrogens is 2. The van der Waals surface area contributed by atoms with Crippen LogP contribution in [0.3, 0.4) is 0 Å². The van der Waals surface area contributed by atoms with E-state index in [-0.39, 0.29) is 34.9 Å². The maximum Gasteiger partial charge on any atom is 0.416 e. The van der Waals surface area contributed by atoms with Crippen molar-refractivity contribution in [1.82, 2.24) is 25.5 Å². The summed E-state index contributed by atoms with van der Waals surface area (Å²) in [4.78, 5) is 48.2. The third-order valence-corrected chi connectivity index (χ3v) is 12.1. The summed E-state index contributed by atoms with van der Waals surface area (Å²) >= 11 is 0. The maximum atomic E-state index is 13.6. The molecule has 3 fully saturated rings. The van der Waals surface area contributed by atoms with Crippen molar-refractivity contribution in [2.45, 2.75) is 95.4 Å². The lowest BCUT2D eigenvalue weighted by Gasteiger charge is -2.39. The van der Waals surface area contributed by atoms with Crippen LogP contribution in [-0.4, -0.2) is 78.5 Å². The Labute approximate surface area is 347 Å². The van der Waals surface area contributed by atoms with Crippen molar-refractivity contribution in [1.29, 1.82) is 0 Å². The fourth-order valence-electron chi connectivity index (χ4n) is 8.46. The van der Waals surface area contributed by atoms with Crippen LogP contribution in [-0.2, 0) is 20.6 Å². The van der Waals surface area contributed by atoms with E-state index in [0.717, 1.165) is 63.0 Å². The van der Waals surface area contributed by atoms with Crippen LogP contribution in [0, 0.1) is 12.3 Å². The third-order valence-electron chi connectivity index (χ3n) is 12.1. The molecule has 4 aromatic rings. The number of carbonyl (C=O) groups is 3. The van der Waals surface area contributed by atoms with Gasteiger partial charge in [-0.2, -0.15) is 13.2 Å². The molecule has 60 heavy (non-hydrogen) atoms. The Balaban J connectivity index is 1.01. The number of nitrogens with two attached hydrogens (primary N) is 1. The summed E-state index contributed by atoms with van der Waals surface area (Å²) in [6.07, 6.45) is 1.20. The minimum absolute atomic E-state index is 0.00786. The number of nitrogen functional groups attached to an aromatic ring is 1. The quantitative estimate of drug-likeness (QED) is 0.0625. The van der Waals surface area contributed by atoms with Crippen LogP contribution in [0.1, 0.15) is 92.8 Å². The molecule has 6 N–H and O–H groups in total. The number of amides is 3. The zero-order valence-corrected chi connectivity index (χ0v) is 34.4. The van der Waals surface area contributed by atoms with Gasteiger partial charge in [0.1, 0.15) is 17.7 Å². The number of benzene rings is 3. The Morgan fingerprint density at radius 3 is 2.42 bits per heavy atom. The van der Waals surface area contributed by atoms with Crippen LogP contribution in [0.5, 0.6) is 11.5 Å². The molecule has 3 aliphatic rings. The van der Waals surface area contributed by atoms with Gasteiger partial charge in [-0.25, -0.2) is 9.97 Å². The number of rotatable bonds is 15. The van der Waals surface area contributed by atoms with E-state index in [4.69, 9.17) is 15.2 Å². The van der Waals surface area contributed by atoms with E-state index in [1.807, 2.05) is 18.2 Å². The Kier molecular flexibility index (Phi) is 12.4. The van der Waals surface area contributed by atoms with Crippen molar-refractivity contribution in [3.63, 3.8) is 0 Å². The number of piperidine rings is 2. The number of fused-ring (bicyclic) bond motifs is 1. The molecule has 3 heterocycles. The van der Waals surface area contributed by atoms with Crippen LogP contribution in [0.2, 0.25) is 0 Å². The van der Waals surface area contributed by atoms with Crippen LogP contribution >= 0.6 is 0 Å². The first-order valence-electron chi connectivity index (χ1n) is 20.5. The van der Waals surface area contributed by atoms with Crippen LogP contribution in [0.25, 0.3) is 10.9 Å². The average molecular weight is 831 g/mol. The first-order chi connectivity index (χ1) is 28.6. The summed E-state index contributed by atoms with van der Waals surface area (Å²) in [5.74, 6) is 1.70. The second-order valence-electron chi connectivity index (χ2n) is 16.5. The molecule has 2 unspecified atom stereocenters. The second-order valence-corrected chi connectivity index (χ2v) is 16.5. The first-order valence-corrected chi connectivity index (χ1v) is 20.5. The van der Waals surface area contributed by atoms with Gasteiger partial charge in [-0.3, -0.25) is 24.6 Å². The van der Waals surface area contributed by atoms with Gasteiger partial charge in [0.15, 0.2) is 11.5 Å². The highest BCUT2D eigenvalue weighted by Crippen LogP contribution is 2.52. The lowest BCUT2D eigenvalue weighted by Crippen LogP contribution is -2.47. The normalized spacial score (nSPS) is 19.3. The summed E-state index contributed by atoms with van der Waals surface area (Å²) in [6.45, 7) is 5.59. The number of anilines is 3. The van der Waals surface area contributed by atoms with Gasteiger partial charge in [0, 0.05) is 54.2 Å². The molecular weight excluding hydrogens is 778 g/mol. The monoisotopic (exact) mass is 830 g/mol. The summed E-state index contributed by atoms with van der Waals surface area (Å²) in [5.41, 5.74) is 7.94. The molecule has 0 spiro atoms. The molecule has 1 saturated carbocycles. The van der Waals surface area contributed by atoms with E-state index in [9.17, 15) is 27.6 Å². The third kappa shape index (κ3) is 10.0. The van der Waals surface area contributed by atoms with E-state index in [1.165, 1.54) is 11.6 Å². The molecule has 3 aromatic carbocycles. The number of nitrogens with zero attached hydrogens (tertiary/aromatic N) is 3. The fraction of sp³-hybridized carbons (Fsp3) is 0.477. The minimum Gasteiger partial charge on any atom is -0.493 e. The van der Waals surface area contributed by atoms with Crippen LogP contribution in [0.4, 0.5) is 30.4 Å². The summed E-state index contributed by atoms with van der Waals surface area (Å²) in [7, 11) is 3.22. The van der Waals surface area contributed by atoms with E-state index >= 15 is 0 Å². The minimum atomic E-state index is -4.54. The topological polar surface area (TPSA) is 173 Å². The Morgan fingerprint density at radius 1 is 1.03 bits per heavy atom. The second kappa shape index (κ2) is 17.5. The smallest absolute Gasteiger partial charge is 0.416 e. The molecule has 320 valence electrons. The lowest BCUT2D eigenvalue weighted by molar-refractivity contribution is -0.137. The molecule has 2 saturated heterocycles. The highest BCUT2D eigenvalue weighted by molar-refractivity contribution is 6.01. The number of halogens is 3. The van der Waals surface area contributed by atoms with Gasteiger partial charge < -0.3 is 31.2 Å². The SMILES string of the molecule is CNC(=O)CC(CC1(COc2cc3c(N[C@H](C)c4cc(N)cc(C(F)(F)F)c4)nc(C)nc3cc2OC)CC1)N1CCC(c2ccc(NC3CCC(=O)NC3=O)cc2)CC1. The molecule has 0 radical (unpaired) electrons. The van der Waals surface area contributed by atoms with E-state index < -0.39 is 23.8 Å². The highest BCUT2D eigenvalue weighted by atomic mass is 19.4. The summed E-state index contributed by atoms with van der Waals surface area (Å²) < 4.78 is 53.1. The van der Waals surface area contributed by atoms with Gasteiger partial charge in [0.25, 0.3) is 0 Å². The molecule has 3 amide bonds. The van der Waals surface area contributed by atoms with Crippen molar-refractivity contribution in [3.05, 3.63) is 77.1 Å². The van der Waals surface area contributed by atoms with Gasteiger partial charge in [-0.1, -0.05) is 12.1 Å². The molecule has 1 aromatic heterocycles. The Bertz CT molecular complexity index is 2220. The molecule has 1 aliphatic carbocycles. The zero-order chi connectivity index (χ0) is 42.8. The fourth-order valence-corrected chi connectivity index (χ4v) is 8.46. The van der Waals surface area contributed by atoms with Gasteiger partial charge in [-0.05, 0) is 119 Å². The summed E-state index contributed by atoms with van der Waals surface area (Å²) in [6, 6.07) is 14.3. The van der Waals surface area contributed by atoms with Gasteiger partial charge in [0.2, 0.25) is 17.7 Å². The van der Waals surface area contributed by atoms with Crippen molar-refractivity contribution in [2.75, 3.05) is 50.2 Å². The van der Waals surface area contributed by atoms with Crippen LogP contribution < -0.4 is 36.5 Å². The molecule has 0 bridgehead atoms. The largest absolute Gasteiger partial charge is 0.493 e. The molecule has 2 aliphatic heterocycles. The molecule has 7 rings (SSSR count). The Hall–Kier alpha value is -5.64. The number of imide groups is 1. The van der Waals surface area contributed by atoms with E-state index in [2.05, 4.69) is 48.3 Å². The van der Waals surface area contributed by atoms with Gasteiger partial charge >= 0.3 is 6.18 Å². The van der Waals surface area contributed by atoms with Crippen LogP contribution in [0.15, 0.2) is 54.6 Å². The number of aryl methyl sites for hydroxylation is 1. The number of hydrogen-bond donors (Lipinski definition) is 5. The predicted molar refractivity (Wildman–Crippen MR) is 223 cm³/mol. The number of carbonyl (C=O) groups excluding carboxylic acids is 3. The van der Waals surface area contributed by atoms with Gasteiger partial charge in [-0.15, -0.1) is 0 Å². The zero-order valence-electron chi connectivity index (χ0n) is 34.4. The molecular formula is C44H53F3N8O5. The number of methoxy groups -OCH3 is 1. The standard InChI is InChI=1S/C44H53F3N8O5/c1-25(29-17-30(44(45,46)47)19-31(48)18-29)50-41-34-21-38(37(59-4)22-36(34)51-26(2)52-41)60-24-43(13-14-43)23-33(20-40(57)49-3)55-15-11-28(12-16-55)27-5-7-32(8-6-27)53-35-9-10-39(56)54-42(35)58/h5-8,17-19,21-22,25,28,33,35,53H,9-16,20,23-24,48H2,1-4H3,(H,49,57)(H,50,51,52)(H,54,56,58)/t25-,33?,35?/m1/s1. The van der Waals surface area contributed by atoms with Crippen molar-refractivity contribution < 1.29 is 37.0 Å². The molecule has 13 nitrogen and oxygen atoms in total. The first kappa shape index (κ1) is 42.5. The van der Waals surface area contributed by atoms with E-state index in [0.29, 0.717) is 71.4 Å². The Morgan fingerprint density at radius 2 is 1.77 bits per heavy atom. The van der Waals surface area contributed by atoms with Crippen molar-refractivity contribution in [3.8, 4) is 11.5 Å². The highest BCUT2D eigenvalue weighted by Gasteiger charge is 2.47. The number of nitrogens with one attached hydrogen (secondary N) is 4. The van der Waals surface area contributed by atoms with E-state index in [1.54, 1.807) is 34.1 Å². The molecule has 3 atom stereocenters. The lowest BCUT2D eigenvalue weighted by atomic mass is 9.87. The maximum absolute atomic E-state index is 13.6. The number of ether oxygens (including phenoxy) is 2. The number of hydrogen-bond acceptors (Lipinski definition) is 11. The van der Waals surface area contributed by atoms with Crippen molar-refractivity contribution >= 4 is 45.8 Å². The van der Waals surface area contributed by atoms with Gasteiger partial charge in [0.05, 0.1) is 30.8 Å².